The number of para-hydroxylation sites is 1. The van der Waals surface area contributed by atoms with E-state index >= 15 is 0 Å². The first-order valence-corrected chi connectivity index (χ1v) is 6.62. The van der Waals surface area contributed by atoms with Gasteiger partial charge < -0.3 is 5.11 Å². The predicted octanol–water partition coefficient (Wildman–Crippen LogP) is 3.10. The van der Waals surface area contributed by atoms with Crippen LogP contribution in [0.3, 0.4) is 0 Å². The van der Waals surface area contributed by atoms with Crippen LogP contribution in [0.5, 0.6) is 0 Å². The first-order chi connectivity index (χ1) is 8.84. The molecule has 0 saturated heterocycles. The van der Waals surface area contributed by atoms with Gasteiger partial charge in [0.05, 0.1) is 18.0 Å². The summed E-state index contributed by atoms with van der Waals surface area (Å²) in [4.78, 5) is 0. The van der Waals surface area contributed by atoms with E-state index in [4.69, 9.17) is 0 Å². The molecule has 1 saturated carbocycles. The number of aromatic nitrogens is 2. The summed E-state index contributed by atoms with van der Waals surface area (Å²) in [7, 11) is 0. The van der Waals surface area contributed by atoms with E-state index in [9.17, 15) is 5.11 Å². The van der Waals surface area contributed by atoms with Crippen molar-refractivity contribution >= 4 is 0 Å². The fraction of sp³-hybridized carbons (Fsp3) is 0.400. The number of aliphatic hydroxyl groups is 1. The van der Waals surface area contributed by atoms with E-state index in [1.807, 2.05) is 41.2 Å². The van der Waals surface area contributed by atoms with Gasteiger partial charge in [-0.05, 0) is 30.9 Å². The minimum Gasteiger partial charge on any atom is -0.388 e. The van der Waals surface area contributed by atoms with Gasteiger partial charge in [-0.2, -0.15) is 5.10 Å². The Kier molecular flexibility index (Phi) is 3.15. The van der Waals surface area contributed by atoms with Crippen LogP contribution in [0.15, 0.2) is 42.7 Å². The lowest BCUT2D eigenvalue weighted by molar-refractivity contribution is 0.111. The maximum atomic E-state index is 10.3. The summed E-state index contributed by atoms with van der Waals surface area (Å²) in [6.07, 6.45) is 8.14. The molecule has 1 fully saturated rings. The molecular formula is C15H18N2O. The van der Waals surface area contributed by atoms with E-state index < -0.39 is 0 Å². The van der Waals surface area contributed by atoms with Crippen molar-refractivity contribution in [3.8, 4) is 5.69 Å². The molecule has 0 aliphatic heterocycles. The summed E-state index contributed by atoms with van der Waals surface area (Å²) in [6.45, 7) is 0. The number of aliphatic hydroxyl groups excluding tert-OH is 1. The van der Waals surface area contributed by atoms with Crippen molar-refractivity contribution in [3.05, 3.63) is 48.3 Å². The van der Waals surface area contributed by atoms with Crippen molar-refractivity contribution in [1.82, 2.24) is 9.78 Å². The Morgan fingerprint density at radius 3 is 2.61 bits per heavy atom. The van der Waals surface area contributed by atoms with E-state index in [2.05, 4.69) is 5.10 Å². The fourth-order valence-electron chi connectivity index (χ4n) is 2.76. The average Bonchev–Trinajstić information content (AvgIpc) is 3.10. The highest BCUT2D eigenvalue weighted by Gasteiger charge is 2.25. The third-order valence-electron chi connectivity index (χ3n) is 3.81. The molecule has 1 atom stereocenters. The smallest absolute Gasteiger partial charge is 0.0848 e. The maximum Gasteiger partial charge on any atom is 0.0848 e. The van der Waals surface area contributed by atoms with Gasteiger partial charge in [0.15, 0.2) is 0 Å². The quantitative estimate of drug-likeness (QED) is 0.898. The molecule has 1 unspecified atom stereocenters. The summed E-state index contributed by atoms with van der Waals surface area (Å²) in [5.41, 5.74) is 1.97. The summed E-state index contributed by atoms with van der Waals surface area (Å²) in [6, 6.07) is 9.99. The standard InChI is InChI=1S/C15H18N2O/c18-15(12-6-4-5-7-12)13-10-16-17(11-13)14-8-2-1-3-9-14/h1-3,8-12,15,18H,4-7H2. The molecular weight excluding hydrogens is 224 g/mol. The normalized spacial score (nSPS) is 18.1. The average molecular weight is 242 g/mol. The lowest BCUT2D eigenvalue weighted by atomic mass is 9.97. The maximum absolute atomic E-state index is 10.3. The third kappa shape index (κ3) is 2.18. The van der Waals surface area contributed by atoms with Crippen LogP contribution in [-0.4, -0.2) is 14.9 Å². The van der Waals surface area contributed by atoms with Crippen molar-refractivity contribution in [3.63, 3.8) is 0 Å². The highest BCUT2D eigenvalue weighted by atomic mass is 16.3. The largest absolute Gasteiger partial charge is 0.388 e. The van der Waals surface area contributed by atoms with Gasteiger partial charge in [-0.1, -0.05) is 31.0 Å². The lowest BCUT2D eigenvalue weighted by Crippen LogP contribution is -2.07. The molecule has 1 aromatic carbocycles. The van der Waals surface area contributed by atoms with Gasteiger partial charge in [0.2, 0.25) is 0 Å². The number of benzene rings is 1. The molecule has 0 radical (unpaired) electrons. The van der Waals surface area contributed by atoms with Crippen molar-refractivity contribution in [2.45, 2.75) is 31.8 Å². The predicted molar refractivity (Wildman–Crippen MR) is 70.5 cm³/mol. The van der Waals surface area contributed by atoms with Crippen molar-refractivity contribution < 1.29 is 5.11 Å². The van der Waals surface area contributed by atoms with Gasteiger partial charge >= 0.3 is 0 Å². The molecule has 94 valence electrons. The van der Waals surface area contributed by atoms with Crippen molar-refractivity contribution in [2.75, 3.05) is 0 Å². The molecule has 2 aromatic rings. The minimum absolute atomic E-state index is 0.357. The molecule has 1 aliphatic carbocycles. The van der Waals surface area contributed by atoms with Crippen LogP contribution >= 0.6 is 0 Å². The van der Waals surface area contributed by atoms with Gasteiger partial charge in [-0.15, -0.1) is 0 Å². The summed E-state index contributed by atoms with van der Waals surface area (Å²) in [5.74, 6) is 0.415. The van der Waals surface area contributed by atoms with Gasteiger partial charge in [-0.25, -0.2) is 4.68 Å². The SMILES string of the molecule is OC(c1cnn(-c2ccccc2)c1)C1CCCC1. The van der Waals surface area contributed by atoms with E-state index in [1.54, 1.807) is 6.20 Å². The fourth-order valence-corrected chi connectivity index (χ4v) is 2.76. The van der Waals surface area contributed by atoms with Gasteiger partial charge in [0.1, 0.15) is 0 Å². The molecule has 0 bridgehead atoms. The zero-order chi connectivity index (χ0) is 12.4. The highest BCUT2D eigenvalue weighted by molar-refractivity contribution is 5.31. The van der Waals surface area contributed by atoms with Crippen LogP contribution in [0.2, 0.25) is 0 Å². The Labute approximate surface area is 107 Å². The molecule has 0 spiro atoms. The molecule has 3 nitrogen and oxygen atoms in total. The Balaban J connectivity index is 1.81. The van der Waals surface area contributed by atoms with Gasteiger partial charge in [0.25, 0.3) is 0 Å². The van der Waals surface area contributed by atoms with E-state index in [-0.39, 0.29) is 6.10 Å². The van der Waals surface area contributed by atoms with Crippen LogP contribution in [0, 0.1) is 5.92 Å². The van der Waals surface area contributed by atoms with Crippen LogP contribution in [0.1, 0.15) is 37.4 Å². The molecule has 3 rings (SSSR count). The Morgan fingerprint density at radius 1 is 1.17 bits per heavy atom. The molecule has 1 heterocycles. The number of hydrogen-bond acceptors (Lipinski definition) is 2. The summed E-state index contributed by atoms with van der Waals surface area (Å²) >= 11 is 0. The second-order valence-corrected chi connectivity index (χ2v) is 5.04. The second-order valence-electron chi connectivity index (χ2n) is 5.04. The monoisotopic (exact) mass is 242 g/mol. The molecule has 1 aromatic heterocycles. The highest BCUT2D eigenvalue weighted by Crippen LogP contribution is 2.35. The Morgan fingerprint density at radius 2 is 1.89 bits per heavy atom. The number of rotatable bonds is 3. The van der Waals surface area contributed by atoms with Crippen LogP contribution in [-0.2, 0) is 0 Å². The lowest BCUT2D eigenvalue weighted by Gasteiger charge is -2.15. The first-order valence-electron chi connectivity index (χ1n) is 6.62. The third-order valence-corrected chi connectivity index (χ3v) is 3.81. The molecule has 1 aliphatic rings. The van der Waals surface area contributed by atoms with Crippen molar-refractivity contribution in [1.29, 1.82) is 0 Å². The summed E-state index contributed by atoms with van der Waals surface area (Å²) in [5, 5.41) is 14.7. The molecule has 3 heteroatoms. The van der Waals surface area contributed by atoms with Gasteiger partial charge in [0, 0.05) is 11.8 Å². The Bertz CT molecular complexity index is 500. The zero-order valence-corrected chi connectivity index (χ0v) is 10.4. The first kappa shape index (κ1) is 11.5. The van der Waals surface area contributed by atoms with Crippen molar-refractivity contribution in [2.24, 2.45) is 5.92 Å². The van der Waals surface area contributed by atoms with E-state index in [0.29, 0.717) is 5.92 Å². The number of nitrogens with zero attached hydrogens (tertiary/aromatic N) is 2. The van der Waals surface area contributed by atoms with E-state index in [0.717, 1.165) is 24.1 Å². The molecule has 1 N–H and O–H groups in total. The summed E-state index contributed by atoms with van der Waals surface area (Å²) < 4.78 is 1.83. The van der Waals surface area contributed by atoms with Gasteiger partial charge in [-0.3, -0.25) is 0 Å². The second kappa shape index (κ2) is 4.94. The van der Waals surface area contributed by atoms with Crippen LogP contribution in [0.4, 0.5) is 0 Å². The number of hydrogen-bond donors (Lipinski definition) is 1. The molecule has 0 amide bonds. The Hall–Kier alpha value is -1.61. The minimum atomic E-state index is -0.357. The topological polar surface area (TPSA) is 38.1 Å². The van der Waals surface area contributed by atoms with E-state index in [1.165, 1.54) is 12.8 Å². The van der Waals surface area contributed by atoms with Crippen LogP contribution < -0.4 is 0 Å². The molecule has 18 heavy (non-hydrogen) atoms. The van der Waals surface area contributed by atoms with Crippen LogP contribution in [0.25, 0.3) is 5.69 Å². The zero-order valence-electron chi connectivity index (χ0n) is 10.4.